The number of rotatable bonds is 10. The molecule has 0 heterocycles. The van der Waals surface area contributed by atoms with Gasteiger partial charge in [-0.15, -0.1) is 0 Å². The molecule has 0 fully saturated rings. The summed E-state index contributed by atoms with van der Waals surface area (Å²) in [6.45, 7) is 1.06. The molecule has 4 N–H and O–H groups in total. The van der Waals surface area contributed by atoms with Gasteiger partial charge >= 0.3 is 11.9 Å². The molecule has 12 heteroatoms. The van der Waals surface area contributed by atoms with E-state index < -0.39 is 37.2 Å². The van der Waals surface area contributed by atoms with Gasteiger partial charge in [0.25, 0.3) is 0 Å². The maximum Gasteiger partial charge on any atom is 0.332 e. The number of carbonyl (C=O) groups excluding carboxylic acids is 6. The molecular weight excluding hydrogens is 352 g/mol. The topological polar surface area (TPSA) is 169 Å². The average Bonchev–Trinajstić information content (AvgIpc) is 2.56. The van der Waals surface area contributed by atoms with E-state index in [1.807, 2.05) is 0 Å². The highest BCUT2D eigenvalue weighted by atomic mass is 16.5. The van der Waals surface area contributed by atoms with Crippen molar-refractivity contribution in [2.75, 3.05) is 26.6 Å². The highest BCUT2D eigenvalue weighted by molar-refractivity contribution is 5.92. The van der Waals surface area contributed by atoms with Crippen molar-refractivity contribution >= 4 is 35.6 Å². The molecule has 0 aliphatic carbocycles. The molecule has 0 radical (unpaired) electrons. The number of hydrogen-bond donors (Lipinski definition) is 4. The van der Waals surface area contributed by atoms with Gasteiger partial charge < -0.3 is 30.7 Å². The number of hydrogen-bond acceptors (Lipinski definition) is 8. The number of esters is 2. The Morgan fingerprint density at radius 1 is 0.654 bits per heavy atom. The quantitative estimate of drug-likeness (QED) is 0.179. The first-order valence-corrected chi connectivity index (χ1v) is 7.24. The molecule has 0 spiro atoms. The molecule has 0 saturated carbocycles. The van der Waals surface area contributed by atoms with Crippen molar-refractivity contribution in [2.45, 2.75) is 13.8 Å². The van der Waals surface area contributed by atoms with Gasteiger partial charge in [0.2, 0.25) is 23.6 Å². The maximum atomic E-state index is 11.3. The van der Waals surface area contributed by atoms with Crippen LogP contribution in [0.4, 0.5) is 0 Å². The van der Waals surface area contributed by atoms with Crippen molar-refractivity contribution in [3.63, 3.8) is 0 Å². The third kappa shape index (κ3) is 14.2. The van der Waals surface area contributed by atoms with Crippen LogP contribution in [-0.4, -0.2) is 62.1 Å². The first kappa shape index (κ1) is 22.6. The summed E-state index contributed by atoms with van der Waals surface area (Å²) in [4.78, 5) is 66.1. The highest BCUT2D eigenvalue weighted by Crippen LogP contribution is 1.84. The fourth-order valence-corrected chi connectivity index (χ4v) is 1.14. The first-order valence-electron chi connectivity index (χ1n) is 7.24. The average molecular weight is 372 g/mol. The lowest BCUT2D eigenvalue weighted by Crippen LogP contribution is -2.37. The van der Waals surface area contributed by atoms with Crippen LogP contribution in [0, 0.1) is 0 Å². The Bertz CT molecular complexity index is 537. The standard InChI is InChI=1S/C14H20N4O8/c1-9(19)15-5-11(21)17-7-25-13(23)3-4-14(24)26-8-18-12(22)6-16-10(2)20/h3-4H,5-8H2,1-2H3,(H,15,19)(H,16,20)(H,17,21)(H,18,22)/b4-3+. The van der Waals surface area contributed by atoms with Crippen LogP contribution in [0.5, 0.6) is 0 Å². The number of carbonyl (C=O) groups is 6. The zero-order valence-electron chi connectivity index (χ0n) is 14.2. The molecule has 0 atom stereocenters. The second-order valence-corrected chi connectivity index (χ2v) is 4.57. The third-order valence-electron chi connectivity index (χ3n) is 2.32. The molecule has 0 aromatic heterocycles. The van der Waals surface area contributed by atoms with Crippen molar-refractivity contribution in [1.82, 2.24) is 21.3 Å². The lowest BCUT2D eigenvalue weighted by molar-refractivity contribution is -0.142. The minimum atomic E-state index is -0.920. The molecule has 4 amide bonds. The van der Waals surface area contributed by atoms with Crippen LogP contribution in [0.15, 0.2) is 12.2 Å². The fraction of sp³-hybridized carbons (Fsp3) is 0.429. The molecule has 0 rings (SSSR count). The summed E-state index contributed by atoms with van der Waals surface area (Å²) in [6, 6.07) is 0. The first-order chi connectivity index (χ1) is 12.2. The van der Waals surface area contributed by atoms with E-state index in [9.17, 15) is 28.8 Å². The summed E-state index contributed by atoms with van der Waals surface area (Å²) >= 11 is 0. The van der Waals surface area contributed by atoms with Crippen LogP contribution in [0.3, 0.4) is 0 Å². The fourth-order valence-electron chi connectivity index (χ4n) is 1.14. The van der Waals surface area contributed by atoms with Crippen molar-refractivity contribution < 1.29 is 38.2 Å². The van der Waals surface area contributed by atoms with E-state index in [2.05, 4.69) is 30.7 Å². The van der Waals surface area contributed by atoms with E-state index in [1.165, 1.54) is 13.8 Å². The molecule has 0 aliphatic heterocycles. The van der Waals surface area contributed by atoms with Gasteiger partial charge in [0.15, 0.2) is 13.5 Å². The Hall–Kier alpha value is -3.44. The van der Waals surface area contributed by atoms with Gasteiger partial charge in [-0.05, 0) is 0 Å². The maximum absolute atomic E-state index is 11.3. The molecule has 12 nitrogen and oxygen atoms in total. The van der Waals surface area contributed by atoms with Gasteiger partial charge in [-0.2, -0.15) is 0 Å². The monoisotopic (exact) mass is 372 g/mol. The van der Waals surface area contributed by atoms with E-state index in [4.69, 9.17) is 0 Å². The molecule has 0 aromatic rings. The van der Waals surface area contributed by atoms with E-state index in [0.717, 1.165) is 12.2 Å². The Balaban J connectivity index is 3.86. The summed E-state index contributed by atoms with van der Waals surface area (Å²) in [5, 5.41) is 8.89. The summed E-state index contributed by atoms with van der Waals surface area (Å²) in [6.07, 6.45) is 1.53. The lowest BCUT2D eigenvalue weighted by Gasteiger charge is -2.06. The predicted molar refractivity (Wildman–Crippen MR) is 84.7 cm³/mol. The SMILES string of the molecule is CC(=O)NCC(=O)NCOC(=O)/C=C/C(=O)OCNC(=O)CNC(C)=O. The van der Waals surface area contributed by atoms with Crippen LogP contribution in [0.25, 0.3) is 0 Å². The summed E-state index contributed by atoms with van der Waals surface area (Å²) in [5.74, 6) is -3.74. The van der Waals surface area contributed by atoms with Crippen LogP contribution in [0.1, 0.15) is 13.8 Å². The third-order valence-corrected chi connectivity index (χ3v) is 2.32. The summed E-state index contributed by atoms with van der Waals surface area (Å²) in [5.41, 5.74) is 0. The molecule has 0 saturated heterocycles. The lowest BCUT2D eigenvalue weighted by atomic mass is 10.5. The van der Waals surface area contributed by atoms with E-state index >= 15 is 0 Å². The van der Waals surface area contributed by atoms with Crippen molar-refractivity contribution in [3.8, 4) is 0 Å². The van der Waals surface area contributed by atoms with Gasteiger partial charge in [0, 0.05) is 26.0 Å². The summed E-state index contributed by atoms with van der Waals surface area (Å²) in [7, 11) is 0. The smallest absolute Gasteiger partial charge is 0.332 e. The van der Waals surface area contributed by atoms with Gasteiger partial charge in [-0.1, -0.05) is 0 Å². The zero-order chi connectivity index (χ0) is 19.9. The molecule has 0 unspecified atom stereocenters. The molecule has 26 heavy (non-hydrogen) atoms. The van der Waals surface area contributed by atoms with E-state index in [0.29, 0.717) is 0 Å². The second-order valence-electron chi connectivity index (χ2n) is 4.57. The Labute approximate surface area is 148 Å². The second kappa shape index (κ2) is 12.9. The van der Waals surface area contributed by atoms with Crippen molar-refractivity contribution in [3.05, 3.63) is 12.2 Å². The number of nitrogens with one attached hydrogen (secondary N) is 4. The molecule has 144 valence electrons. The van der Waals surface area contributed by atoms with Crippen LogP contribution in [0.2, 0.25) is 0 Å². The Morgan fingerprint density at radius 2 is 1.00 bits per heavy atom. The highest BCUT2D eigenvalue weighted by Gasteiger charge is 2.05. The number of amides is 4. The van der Waals surface area contributed by atoms with Crippen molar-refractivity contribution in [1.29, 1.82) is 0 Å². The molecule has 0 aromatic carbocycles. The largest absolute Gasteiger partial charge is 0.441 e. The predicted octanol–water partition coefficient (Wildman–Crippen LogP) is -2.95. The molecular formula is C14H20N4O8. The van der Waals surface area contributed by atoms with Crippen LogP contribution < -0.4 is 21.3 Å². The molecule has 0 aliphatic rings. The van der Waals surface area contributed by atoms with Gasteiger partial charge in [0.1, 0.15) is 0 Å². The Kier molecular flexibility index (Phi) is 11.2. The van der Waals surface area contributed by atoms with Gasteiger partial charge in [0.05, 0.1) is 13.1 Å². The minimum Gasteiger partial charge on any atom is -0.441 e. The number of ether oxygens (including phenoxy) is 2. The van der Waals surface area contributed by atoms with Crippen LogP contribution in [-0.2, 0) is 38.2 Å². The normalized spacial score (nSPS) is 9.77. The van der Waals surface area contributed by atoms with Gasteiger partial charge in [-0.25, -0.2) is 9.59 Å². The van der Waals surface area contributed by atoms with E-state index in [-0.39, 0.29) is 24.9 Å². The van der Waals surface area contributed by atoms with Gasteiger partial charge in [-0.3, -0.25) is 19.2 Å². The summed E-state index contributed by atoms with van der Waals surface area (Å²) < 4.78 is 9.16. The van der Waals surface area contributed by atoms with E-state index in [1.54, 1.807) is 0 Å². The minimum absolute atomic E-state index is 0.261. The van der Waals surface area contributed by atoms with Crippen molar-refractivity contribution in [2.24, 2.45) is 0 Å². The zero-order valence-corrected chi connectivity index (χ0v) is 14.2. The Morgan fingerprint density at radius 3 is 1.31 bits per heavy atom. The van der Waals surface area contributed by atoms with Crippen LogP contribution >= 0.6 is 0 Å². The molecule has 0 bridgehead atoms.